The van der Waals surface area contributed by atoms with Crippen LogP contribution in [0.1, 0.15) is 23.0 Å². The van der Waals surface area contributed by atoms with Crippen molar-refractivity contribution in [3.8, 4) is 5.75 Å². The monoisotopic (exact) mass is 501 g/mol. The molecule has 0 saturated heterocycles. The van der Waals surface area contributed by atoms with E-state index in [1.165, 1.54) is 11.3 Å². The number of nitrogens with zero attached hydrogens (tertiary/aromatic N) is 3. The quantitative estimate of drug-likeness (QED) is 0.308. The van der Waals surface area contributed by atoms with E-state index in [0.717, 1.165) is 26.1 Å². The highest BCUT2D eigenvalue weighted by Crippen LogP contribution is 2.34. The normalized spacial score (nSPS) is 10.9. The van der Waals surface area contributed by atoms with Gasteiger partial charge in [-0.15, -0.1) is 0 Å². The highest BCUT2D eigenvalue weighted by atomic mass is 79.9. The molecule has 0 atom stereocenters. The molecule has 30 heavy (non-hydrogen) atoms. The van der Waals surface area contributed by atoms with Crippen LogP contribution in [0.25, 0.3) is 10.2 Å². The fourth-order valence-corrected chi connectivity index (χ4v) is 4.50. The molecule has 0 N–H and O–H groups in total. The van der Waals surface area contributed by atoms with Crippen molar-refractivity contribution in [2.45, 2.75) is 13.5 Å². The Kier molecular flexibility index (Phi) is 6.32. The molecule has 0 aliphatic heterocycles. The fourth-order valence-electron chi connectivity index (χ4n) is 2.95. The second kappa shape index (κ2) is 9.12. The molecular formula is C22H17BrClN3O2S. The predicted molar refractivity (Wildman–Crippen MR) is 125 cm³/mol. The summed E-state index contributed by atoms with van der Waals surface area (Å²) in [5.41, 5.74) is 1.96. The molecule has 5 nitrogen and oxygen atoms in total. The Morgan fingerprint density at radius 1 is 1.20 bits per heavy atom. The number of amides is 1. The van der Waals surface area contributed by atoms with Gasteiger partial charge in [0.25, 0.3) is 5.91 Å². The zero-order chi connectivity index (χ0) is 21.1. The van der Waals surface area contributed by atoms with Crippen molar-refractivity contribution in [2.75, 3.05) is 11.5 Å². The van der Waals surface area contributed by atoms with Crippen LogP contribution in [-0.4, -0.2) is 22.5 Å². The molecule has 0 bridgehead atoms. The van der Waals surface area contributed by atoms with Crippen LogP contribution in [0, 0.1) is 0 Å². The maximum atomic E-state index is 13.5. The van der Waals surface area contributed by atoms with Crippen LogP contribution in [0.4, 0.5) is 5.13 Å². The summed E-state index contributed by atoms with van der Waals surface area (Å²) in [5, 5.41) is 0.958. The van der Waals surface area contributed by atoms with Crippen molar-refractivity contribution >= 4 is 60.1 Å². The smallest absolute Gasteiger partial charge is 0.261 e. The van der Waals surface area contributed by atoms with Gasteiger partial charge in [0.15, 0.2) is 5.13 Å². The van der Waals surface area contributed by atoms with Gasteiger partial charge >= 0.3 is 0 Å². The van der Waals surface area contributed by atoms with Gasteiger partial charge in [0, 0.05) is 10.7 Å². The minimum atomic E-state index is -0.240. The number of ether oxygens (including phenoxy) is 1. The van der Waals surface area contributed by atoms with Gasteiger partial charge in [0.2, 0.25) is 0 Å². The molecule has 1 amide bonds. The first-order chi connectivity index (χ1) is 14.5. The number of halogens is 2. The van der Waals surface area contributed by atoms with E-state index < -0.39 is 0 Å². The molecule has 0 aliphatic rings. The van der Waals surface area contributed by atoms with Crippen molar-refractivity contribution < 1.29 is 9.53 Å². The van der Waals surface area contributed by atoms with Crippen LogP contribution in [0.15, 0.2) is 65.3 Å². The van der Waals surface area contributed by atoms with Crippen LogP contribution in [0.5, 0.6) is 5.75 Å². The molecule has 8 heteroatoms. The largest absolute Gasteiger partial charge is 0.494 e. The van der Waals surface area contributed by atoms with Crippen LogP contribution in [0.2, 0.25) is 5.02 Å². The van der Waals surface area contributed by atoms with Gasteiger partial charge in [-0.1, -0.05) is 44.9 Å². The molecule has 2 aromatic carbocycles. The van der Waals surface area contributed by atoms with E-state index in [1.54, 1.807) is 29.3 Å². The number of aromatic nitrogens is 2. The molecule has 4 rings (SSSR count). The second-order valence-electron chi connectivity index (χ2n) is 6.40. The third kappa shape index (κ3) is 4.48. The van der Waals surface area contributed by atoms with Crippen molar-refractivity contribution in [1.82, 2.24) is 9.97 Å². The van der Waals surface area contributed by atoms with E-state index in [0.29, 0.717) is 22.3 Å². The maximum absolute atomic E-state index is 13.5. The first kappa shape index (κ1) is 20.8. The van der Waals surface area contributed by atoms with E-state index >= 15 is 0 Å². The number of fused-ring (bicyclic) bond motifs is 1. The molecule has 0 spiro atoms. The van der Waals surface area contributed by atoms with Crippen LogP contribution in [0.3, 0.4) is 0 Å². The fraction of sp³-hybridized carbons (Fsp3) is 0.136. The summed E-state index contributed by atoms with van der Waals surface area (Å²) < 4.78 is 7.31. The molecule has 152 valence electrons. The Balaban J connectivity index is 1.77. The van der Waals surface area contributed by atoms with Gasteiger partial charge in [-0.25, -0.2) is 4.98 Å². The van der Waals surface area contributed by atoms with Crippen molar-refractivity contribution in [3.05, 3.63) is 81.5 Å². The van der Waals surface area contributed by atoms with Gasteiger partial charge < -0.3 is 4.74 Å². The number of hydrogen-bond donors (Lipinski definition) is 0. The zero-order valence-corrected chi connectivity index (χ0v) is 19.2. The number of rotatable bonds is 6. The lowest BCUT2D eigenvalue weighted by molar-refractivity contribution is 0.0985. The molecule has 0 unspecified atom stereocenters. The van der Waals surface area contributed by atoms with Crippen molar-refractivity contribution in [3.63, 3.8) is 0 Å². The van der Waals surface area contributed by atoms with Gasteiger partial charge in [-0.2, -0.15) is 0 Å². The second-order valence-corrected chi connectivity index (χ2v) is 8.73. The highest BCUT2D eigenvalue weighted by Gasteiger charge is 2.24. The van der Waals surface area contributed by atoms with E-state index in [4.69, 9.17) is 21.3 Å². The summed E-state index contributed by atoms with van der Waals surface area (Å²) in [6, 6.07) is 16.5. The van der Waals surface area contributed by atoms with Crippen molar-refractivity contribution in [1.29, 1.82) is 0 Å². The molecule has 0 fully saturated rings. The summed E-state index contributed by atoms with van der Waals surface area (Å²) in [6.45, 7) is 2.81. The van der Waals surface area contributed by atoms with Crippen LogP contribution >= 0.6 is 38.9 Å². The lowest BCUT2D eigenvalue weighted by Gasteiger charge is -2.20. The Morgan fingerprint density at radius 3 is 2.83 bits per heavy atom. The summed E-state index contributed by atoms with van der Waals surface area (Å²) >= 11 is 11.2. The number of hydrogen-bond acceptors (Lipinski definition) is 5. The van der Waals surface area contributed by atoms with E-state index in [1.807, 2.05) is 43.3 Å². The van der Waals surface area contributed by atoms with E-state index in [-0.39, 0.29) is 12.5 Å². The van der Waals surface area contributed by atoms with E-state index in [2.05, 4.69) is 20.9 Å². The third-order valence-electron chi connectivity index (χ3n) is 4.34. The van der Waals surface area contributed by atoms with Crippen LogP contribution < -0.4 is 9.64 Å². The number of benzene rings is 2. The number of pyridine rings is 1. The predicted octanol–water partition coefficient (Wildman–Crippen LogP) is 6.35. The average molecular weight is 503 g/mol. The Hall–Kier alpha value is -2.48. The number of carbonyl (C=O) groups is 1. The minimum absolute atomic E-state index is 0.240. The number of anilines is 1. The van der Waals surface area contributed by atoms with Gasteiger partial charge in [-0.05, 0) is 55.5 Å². The van der Waals surface area contributed by atoms with Crippen molar-refractivity contribution in [2.24, 2.45) is 0 Å². The SMILES string of the molecule is CCOc1ccc2nc(N(Cc3ccccn3)C(=O)c3cc(Br)ccc3Cl)sc2c1. The Bertz CT molecular complexity index is 1200. The summed E-state index contributed by atoms with van der Waals surface area (Å²) in [6.07, 6.45) is 1.71. The molecule has 0 saturated carbocycles. The first-order valence-corrected chi connectivity index (χ1v) is 11.2. The molecule has 0 aliphatic carbocycles. The lowest BCUT2D eigenvalue weighted by Crippen LogP contribution is -2.31. The van der Waals surface area contributed by atoms with Gasteiger partial charge in [0.1, 0.15) is 5.75 Å². The van der Waals surface area contributed by atoms with Gasteiger partial charge in [-0.3, -0.25) is 14.7 Å². The standard InChI is InChI=1S/C22H17BrClN3O2S/c1-2-29-16-7-9-19-20(12-16)30-22(26-19)27(13-15-5-3-4-10-25-15)21(28)17-11-14(23)6-8-18(17)24/h3-12H,2,13H2,1H3. The van der Waals surface area contributed by atoms with E-state index in [9.17, 15) is 4.79 Å². The molecule has 2 heterocycles. The Morgan fingerprint density at radius 2 is 2.07 bits per heavy atom. The topological polar surface area (TPSA) is 55.3 Å². The molecule has 2 aromatic heterocycles. The number of thiazole rings is 1. The molecular weight excluding hydrogens is 486 g/mol. The third-order valence-corrected chi connectivity index (χ3v) is 6.20. The number of carbonyl (C=O) groups excluding carboxylic acids is 1. The van der Waals surface area contributed by atoms with Crippen LogP contribution in [-0.2, 0) is 6.54 Å². The Labute approximate surface area is 191 Å². The first-order valence-electron chi connectivity index (χ1n) is 9.25. The molecule has 0 radical (unpaired) electrons. The summed E-state index contributed by atoms with van der Waals surface area (Å²) in [7, 11) is 0. The lowest BCUT2D eigenvalue weighted by atomic mass is 10.2. The highest BCUT2D eigenvalue weighted by molar-refractivity contribution is 9.10. The summed E-state index contributed by atoms with van der Waals surface area (Å²) in [5.74, 6) is 0.536. The minimum Gasteiger partial charge on any atom is -0.494 e. The average Bonchev–Trinajstić information content (AvgIpc) is 3.17. The van der Waals surface area contributed by atoms with Gasteiger partial charge in [0.05, 0.1) is 39.6 Å². The molecule has 4 aromatic rings. The maximum Gasteiger partial charge on any atom is 0.261 e. The zero-order valence-electron chi connectivity index (χ0n) is 16.0. The summed E-state index contributed by atoms with van der Waals surface area (Å²) in [4.78, 5) is 24.2.